The van der Waals surface area contributed by atoms with E-state index in [0.717, 1.165) is 12.1 Å². The second kappa shape index (κ2) is 6.72. The third-order valence-electron chi connectivity index (χ3n) is 2.53. The van der Waals surface area contributed by atoms with Gasteiger partial charge in [0.2, 0.25) is 10.0 Å². The second-order valence-corrected chi connectivity index (χ2v) is 6.29. The molecular weight excluding hydrogens is 313 g/mol. The highest BCUT2D eigenvalue weighted by molar-refractivity contribution is 7.89. The molecule has 0 aliphatic heterocycles. The van der Waals surface area contributed by atoms with E-state index >= 15 is 0 Å². The summed E-state index contributed by atoms with van der Waals surface area (Å²) in [6.07, 6.45) is 0. The van der Waals surface area contributed by atoms with Crippen LogP contribution >= 0.6 is 11.6 Å². The zero-order valence-corrected chi connectivity index (χ0v) is 12.4. The highest BCUT2D eigenvalue weighted by Crippen LogP contribution is 2.10. The highest BCUT2D eigenvalue weighted by Gasteiger charge is 2.12. The number of sulfonamides is 1. The Morgan fingerprint density at radius 3 is 2.52 bits per heavy atom. The maximum absolute atomic E-state index is 12.8. The number of hydrogen-bond donors (Lipinski definition) is 1. The van der Waals surface area contributed by atoms with Crippen LogP contribution in [0.25, 0.3) is 0 Å². The third kappa shape index (κ3) is 4.57. The number of rotatable bonds is 3. The van der Waals surface area contributed by atoms with Crippen molar-refractivity contribution in [2.45, 2.75) is 4.90 Å². The normalized spacial score (nSPS) is 10.8. The average Bonchev–Trinajstić information content (AvgIpc) is 2.44. The molecule has 0 unspecified atom stereocenters. The molecule has 0 bridgehead atoms. The summed E-state index contributed by atoms with van der Waals surface area (Å²) in [6, 6.07) is 11.5. The van der Waals surface area contributed by atoms with Crippen LogP contribution in [0, 0.1) is 17.7 Å². The van der Waals surface area contributed by atoms with Crippen LogP contribution in [0.2, 0.25) is 5.02 Å². The molecule has 0 aliphatic rings. The van der Waals surface area contributed by atoms with E-state index in [0.29, 0.717) is 10.6 Å². The molecule has 0 saturated carbocycles. The van der Waals surface area contributed by atoms with Gasteiger partial charge in [-0.05, 0) is 42.5 Å². The summed E-state index contributed by atoms with van der Waals surface area (Å²) in [7, 11) is -3.68. The van der Waals surface area contributed by atoms with Crippen molar-refractivity contribution in [2.24, 2.45) is 0 Å². The Morgan fingerprint density at radius 1 is 1.14 bits per heavy atom. The highest BCUT2D eigenvalue weighted by atomic mass is 35.5. The molecule has 1 N–H and O–H groups in total. The van der Waals surface area contributed by atoms with Crippen LogP contribution in [-0.2, 0) is 10.0 Å². The fourth-order valence-electron chi connectivity index (χ4n) is 1.54. The van der Waals surface area contributed by atoms with Crippen molar-refractivity contribution in [3.63, 3.8) is 0 Å². The van der Waals surface area contributed by atoms with Gasteiger partial charge in [-0.25, -0.2) is 12.8 Å². The lowest BCUT2D eigenvalue weighted by molar-refractivity contribution is 0.585. The number of benzene rings is 2. The minimum atomic E-state index is -3.68. The fourth-order valence-corrected chi connectivity index (χ4v) is 2.65. The van der Waals surface area contributed by atoms with Gasteiger partial charge in [0.05, 0.1) is 11.4 Å². The van der Waals surface area contributed by atoms with Crippen molar-refractivity contribution in [2.75, 3.05) is 6.54 Å². The lowest BCUT2D eigenvalue weighted by atomic mass is 10.2. The minimum absolute atomic E-state index is 0.00606. The largest absolute Gasteiger partial charge is 0.241 e. The van der Waals surface area contributed by atoms with Gasteiger partial charge in [-0.2, -0.15) is 4.72 Å². The van der Waals surface area contributed by atoms with Gasteiger partial charge in [-0.15, -0.1) is 0 Å². The predicted molar refractivity (Wildman–Crippen MR) is 79.9 cm³/mol. The molecule has 108 valence electrons. The van der Waals surface area contributed by atoms with E-state index in [9.17, 15) is 12.8 Å². The van der Waals surface area contributed by atoms with Crippen LogP contribution in [0.3, 0.4) is 0 Å². The molecule has 2 aromatic rings. The number of nitrogens with one attached hydrogen (secondary N) is 1. The van der Waals surface area contributed by atoms with Crippen LogP contribution in [0.4, 0.5) is 4.39 Å². The zero-order chi connectivity index (χ0) is 15.3. The molecule has 21 heavy (non-hydrogen) atoms. The smallest absolute Gasteiger partial charge is 0.207 e. The minimum Gasteiger partial charge on any atom is -0.207 e. The molecule has 0 aliphatic carbocycles. The standard InChI is InChI=1S/C15H11ClFNO2S/c16-13-5-1-3-12(11-13)4-2-10-18-21(19,20)15-8-6-14(17)7-9-15/h1,3,5-9,11,18H,10H2. The van der Waals surface area contributed by atoms with Crippen LogP contribution in [-0.4, -0.2) is 15.0 Å². The van der Waals surface area contributed by atoms with Crippen LogP contribution in [0.5, 0.6) is 0 Å². The zero-order valence-electron chi connectivity index (χ0n) is 10.8. The Morgan fingerprint density at radius 2 is 1.86 bits per heavy atom. The van der Waals surface area contributed by atoms with E-state index in [2.05, 4.69) is 16.6 Å². The molecule has 0 amide bonds. The van der Waals surface area contributed by atoms with Crippen molar-refractivity contribution in [1.29, 1.82) is 0 Å². The van der Waals surface area contributed by atoms with E-state index in [-0.39, 0.29) is 11.4 Å². The van der Waals surface area contributed by atoms with Crippen molar-refractivity contribution < 1.29 is 12.8 Å². The molecule has 0 spiro atoms. The van der Waals surface area contributed by atoms with Crippen molar-refractivity contribution in [1.82, 2.24) is 4.72 Å². The van der Waals surface area contributed by atoms with Gasteiger partial charge in [0.15, 0.2) is 0 Å². The summed E-state index contributed by atoms with van der Waals surface area (Å²) in [5, 5.41) is 0.564. The molecule has 0 aromatic heterocycles. The van der Waals surface area contributed by atoms with E-state index in [1.807, 2.05) is 0 Å². The van der Waals surface area contributed by atoms with Gasteiger partial charge in [-0.3, -0.25) is 0 Å². The molecule has 0 fully saturated rings. The lowest BCUT2D eigenvalue weighted by Gasteiger charge is -2.03. The van der Waals surface area contributed by atoms with Gasteiger partial charge < -0.3 is 0 Å². The monoisotopic (exact) mass is 323 g/mol. The molecular formula is C15H11ClFNO2S. The Labute approximate surface area is 127 Å². The average molecular weight is 324 g/mol. The lowest BCUT2D eigenvalue weighted by Crippen LogP contribution is -2.23. The Balaban J connectivity index is 2.02. The van der Waals surface area contributed by atoms with Gasteiger partial charge in [0, 0.05) is 10.6 Å². The summed E-state index contributed by atoms with van der Waals surface area (Å²) in [6.45, 7) is -0.0494. The molecule has 0 heterocycles. The Hall–Kier alpha value is -1.87. The fraction of sp³-hybridized carbons (Fsp3) is 0.0667. The number of hydrogen-bond acceptors (Lipinski definition) is 2. The first kappa shape index (κ1) is 15.5. The van der Waals surface area contributed by atoms with Crippen LogP contribution in [0.15, 0.2) is 53.4 Å². The van der Waals surface area contributed by atoms with E-state index in [1.54, 1.807) is 24.3 Å². The second-order valence-electron chi connectivity index (χ2n) is 4.09. The van der Waals surface area contributed by atoms with Crippen molar-refractivity contribution in [3.8, 4) is 11.8 Å². The third-order valence-corrected chi connectivity index (χ3v) is 4.18. The van der Waals surface area contributed by atoms with Crippen molar-refractivity contribution in [3.05, 3.63) is 64.9 Å². The van der Waals surface area contributed by atoms with Gasteiger partial charge in [0.1, 0.15) is 5.82 Å². The number of halogens is 2. The molecule has 0 radical (unpaired) electrons. The van der Waals surface area contributed by atoms with Crippen molar-refractivity contribution >= 4 is 21.6 Å². The van der Waals surface area contributed by atoms with Crippen LogP contribution in [0.1, 0.15) is 5.56 Å². The molecule has 2 rings (SSSR count). The summed E-state index contributed by atoms with van der Waals surface area (Å²) in [5.74, 6) is 5.00. The SMILES string of the molecule is O=S(=O)(NCC#Cc1cccc(Cl)c1)c1ccc(F)cc1. The summed E-state index contributed by atoms with van der Waals surface area (Å²) in [5.41, 5.74) is 0.698. The summed E-state index contributed by atoms with van der Waals surface area (Å²) >= 11 is 5.81. The van der Waals surface area contributed by atoms with Gasteiger partial charge >= 0.3 is 0 Å². The quantitative estimate of drug-likeness (QED) is 0.883. The molecule has 0 saturated heterocycles. The van der Waals surface area contributed by atoms with E-state index < -0.39 is 15.8 Å². The first-order valence-electron chi connectivity index (χ1n) is 5.97. The van der Waals surface area contributed by atoms with E-state index in [1.165, 1.54) is 12.1 Å². The Kier molecular flexibility index (Phi) is 4.97. The predicted octanol–water partition coefficient (Wildman–Crippen LogP) is 2.81. The van der Waals surface area contributed by atoms with Gasteiger partial charge in [0.25, 0.3) is 0 Å². The van der Waals surface area contributed by atoms with E-state index in [4.69, 9.17) is 11.6 Å². The summed E-state index contributed by atoms with van der Waals surface area (Å²) < 4.78 is 38.8. The van der Waals surface area contributed by atoms with Gasteiger partial charge in [-0.1, -0.05) is 29.5 Å². The summed E-state index contributed by atoms with van der Waals surface area (Å²) in [4.78, 5) is -0.00606. The first-order chi connectivity index (χ1) is 9.97. The molecule has 6 heteroatoms. The molecule has 2 aromatic carbocycles. The Bertz CT molecular complexity index is 792. The maximum atomic E-state index is 12.8. The van der Waals surface area contributed by atoms with Crippen LogP contribution < -0.4 is 4.72 Å². The molecule has 3 nitrogen and oxygen atoms in total. The molecule has 0 atom stereocenters. The maximum Gasteiger partial charge on any atom is 0.241 e. The topological polar surface area (TPSA) is 46.2 Å². The first-order valence-corrected chi connectivity index (χ1v) is 7.83.